The van der Waals surface area contributed by atoms with E-state index in [1.807, 2.05) is 20.8 Å². The molecule has 0 fully saturated rings. The number of aliphatic hydroxyl groups excluding tert-OH is 1. The number of para-hydroxylation sites is 1. The zero-order valence-corrected chi connectivity index (χ0v) is 23.7. The quantitative estimate of drug-likeness (QED) is 0.449. The van der Waals surface area contributed by atoms with E-state index in [9.17, 15) is 23.1 Å². The summed E-state index contributed by atoms with van der Waals surface area (Å²) < 4.78 is 34.1. The predicted octanol–water partition coefficient (Wildman–Crippen LogP) is 3.41. The van der Waals surface area contributed by atoms with Crippen LogP contribution in [0.4, 0.5) is 10.5 Å². The fraction of sp³-hybridized carbons (Fsp3) is 0.462. The number of benzene rings is 2. The van der Waals surface area contributed by atoms with Crippen LogP contribution in [0.15, 0.2) is 47.4 Å². The lowest BCUT2D eigenvalue weighted by atomic mass is 9.99. The van der Waals surface area contributed by atoms with Crippen molar-refractivity contribution < 1.29 is 27.9 Å². The van der Waals surface area contributed by atoms with E-state index in [0.717, 1.165) is 0 Å². The van der Waals surface area contributed by atoms with E-state index in [2.05, 4.69) is 10.6 Å². The third kappa shape index (κ3) is 6.76. The highest BCUT2D eigenvalue weighted by Crippen LogP contribution is 2.35. The minimum Gasteiger partial charge on any atom is -0.486 e. The Balaban J connectivity index is 2.02. The first-order valence-electron chi connectivity index (χ1n) is 12.4. The molecule has 1 aliphatic rings. The van der Waals surface area contributed by atoms with Gasteiger partial charge in [0.2, 0.25) is 10.0 Å². The lowest BCUT2D eigenvalue weighted by molar-refractivity contribution is 0.0389. The van der Waals surface area contributed by atoms with Gasteiger partial charge in [0, 0.05) is 30.6 Å². The standard InChI is InChI=1S/C26H35ClN4O6S/c1-16(2)28-26(34)29-22-8-6-7-21-24(22)37-23(17(3)13-31(25(21)33)18(4)15-32)14-30(5)38(35,36)20-11-9-19(27)10-12-20/h6-12,16-18,23,32H,13-15H2,1-5H3,(H2,28,29,34)/t17-,18-,23+/m1/s1. The van der Waals surface area contributed by atoms with Crippen molar-refractivity contribution in [3.8, 4) is 5.75 Å². The van der Waals surface area contributed by atoms with Gasteiger partial charge in [0.1, 0.15) is 6.10 Å². The fourth-order valence-corrected chi connectivity index (χ4v) is 5.43. The Bertz CT molecular complexity index is 1250. The Hall–Kier alpha value is -2.86. The molecule has 3 amide bonds. The summed E-state index contributed by atoms with van der Waals surface area (Å²) >= 11 is 5.93. The van der Waals surface area contributed by atoms with Crippen LogP contribution in [-0.2, 0) is 10.0 Å². The number of likely N-dealkylation sites (N-methyl/N-ethyl adjacent to an activating group) is 1. The van der Waals surface area contributed by atoms with E-state index in [0.29, 0.717) is 5.02 Å². The van der Waals surface area contributed by atoms with Crippen molar-refractivity contribution in [1.29, 1.82) is 0 Å². The monoisotopic (exact) mass is 566 g/mol. The summed E-state index contributed by atoms with van der Waals surface area (Å²) in [6, 6.07) is 9.63. The molecule has 0 radical (unpaired) electrons. The second kappa shape index (κ2) is 12.3. The van der Waals surface area contributed by atoms with Crippen LogP contribution in [0.1, 0.15) is 38.1 Å². The summed E-state index contributed by atoms with van der Waals surface area (Å²) in [6.07, 6.45) is -0.696. The van der Waals surface area contributed by atoms with Gasteiger partial charge in [-0.1, -0.05) is 24.6 Å². The largest absolute Gasteiger partial charge is 0.486 e. The molecule has 0 spiro atoms. The Morgan fingerprint density at radius 1 is 1.21 bits per heavy atom. The van der Waals surface area contributed by atoms with E-state index < -0.39 is 28.2 Å². The minimum absolute atomic E-state index is 0.0341. The Labute approximate surface area is 229 Å². The number of hydrogen-bond acceptors (Lipinski definition) is 6. The van der Waals surface area contributed by atoms with Crippen LogP contribution in [-0.4, -0.2) is 79.6 Å². The van der Waals surface area contributed by atoms with E-state index >= 15 is 0 Å². The number of anilines is 1. The van der Waals surface area contributed by atoms with Crippen LogP contribution in [0.25, 0.3) is 0 Å². The normalized spacial score (nSPS) is 18.9. The number of nitrogens with zero attached hydrogens (tertiary/aromatic N) is 2. The molecule has 0 aliphatic carbocycles. The van der Waals surface area contributed by atoms with Gasteiger partial charge in [-0.2, -0.15) is 4.31 Å². The van der Waals surface area contributed by atoms with Gasteiger partial charge in [-0.25, -0.2) is 13.2 Å². The number of sulfonamides is 1. The summed E-state index contributed by atoms with van der Waals surface area (Å²) in [4.78, 5) is 27.7. The summed E-state index contributed by atoms with van der Waals surface area (Å²) in [5.74, 6) is -0.552. The minimum atomic E-state index is -3.87. The first-order chi connectivity index (χ1) is 17.8. The molecule has 0 aromatic heterocycles. The number of nitrogens with one attached hydrogen (secondary N) is 2. The molecule has 1 aliphatic heterocycles. The maximum atomic E-state index is 13.5. The van der Waals surface area contributed by atoms with Gasteiger partial charge in [0.25, 0.3) is 5.91 Å². The number of urea groups is 1. The molecule has 3 N–H and O–H groups in total. The Morgan fingerprint density at radius 2 is 1.87 bits per heavy atom. The van der Waals surface area contributed by atoms with E-state index in [-0.39, 0.29) is 59.5 Å². The average Bonchev–Trinajstić information content (AvgIpc) is 2.85. The van der Waals surface area contributed by atoms with Crippen molar-refractivity contribution >= 4 is 39.2 Å². The number of halogens is 1. The van der Waals surface area contributed by atoms with Gasteiger partial charge in [-0.15, -0.1) is 0 Å². The first-order valence-corrected chi connectivity index (χ1v) is 14.2. The maximum Gasteiger partial charge on any atom is 0.319 e. The van der Waals surface area contributed by atoms with Crippen molar-refractivity contribution in [2.75, 3.05) is 32.1 Å². The molecule has 38 heavy (non-hydrogen) atoms. The van der Waals surface area contributed by atoms with Crippen molar-refractivity contribution in [2.24, 2.45) is 5.92 Å². The van der Waals surface area contributed by atoms with Gasteiger partial charge in [-0.05, 0) is 57.2 Å². The molecular formula is C26H35ClN4O6S. The van der Waals surface area contributed by atoms with Crippen LogP contribution in [0.5, 0.6) is 5.75 Å². The number of hydrogen-bond donors (Lipinski definition) is 3. The number of ether oxygens (including phenoxy) is 1. The van der Waals surface area contributed by atoms with Crippen LogP contribution in [0.3, 0.4) is 0 Å². The highest BCUT2D eigenvalue weighted by atomic mass is 35.5. The Morgan fingerprint density at radius 3 is 2.47 bits per heavy atom. The first kappa shape index (κ1) is 29.7. The molecular weight excluding hydrogens is 532 g/mol. The van der Waals surface area contributed by atoms with Gasteiger partial charge in [0.15, 0.2) is 5.75 Å². The fourth-order valence-electron chi connectivity index (χ4n) is 4.12. The number of aliphatic hydroxyl groups is 1. The van der Waals surface area contributed by atoms with Gasteiger partial charge in [-0.3, -0.25) is 4.79 Å². The SMILES string of the molecule is CC(C)NC(=O)Nc1cccc2c1O[C@@H](CN(C)S(=O)(=O)c1ccc(Cl)cc1)[C@H](C)CN([C@H](C)CO)C2=O. The lowest BCUT2D eigenvalue weighted by Crippen LogP contribution is -2.50. The molecule has 1 heterocycles. The van der Waals surface area contributed by atoms with Crippen LogP contribution >= 0.6 is 11.6 Å². The molecule has 3 atom stereocenters. The topological polar surface area (TPSA) is 128 Å². The third-order valence-electron chi connectivity index (χ3n) is 6.32. The van der Waals surface area contributed by atoms with E-state index in [1.54, 1.807) is 30.0 Å². The predicted molar refractivity (Wildman–Crippen MR) is 146 cm³/mol. The van der Waals surface area contributed by atoms with Crippen molar-refractivity contribution in [3.05, 3.63) is 53.1 Å². The Kier molecular flexibility index (Phi) is 9.64. The van der Waals surface area contributed by atoms with Crippen LogP contribution < -0.4 is 15.4 Å². The van der Waals surface area contributed by atoms with Crippen molar-refractivity contribution in [3.63, 3.8) is 0 Å². The molecule has 0 saturated carbocycles. The van der Waals surface area contributed by atoms with Crippen molar-refractivity contribution in [1.82, 2.24) is 14.5 Å². The van der Waals surface area contributed by atoms with Gasteiger partial charge < -0.3 is 25.4 Å². The van der Waals surface area contributed by atoms with Crippen LogP contribution in [0.2, 0.25) is 5.02 Å². The highest BCUT2D eigenvalue weighted by molar-refractivity contribution is 7.89. The number of fused-ring (bicyclic) bond motifs is 1. The molecule has 10 nitrogen and oxygen atoms in total. The maximum absolute atomic E-state index is 13.5. The number of carbonyl (C=O) groups excluding carboxylic acids is 2. The summed E-state index contributed by atoms with van der Waals surface area (Å²) in [5, 5.41) is 15.7. The number of amides is 3. The lowest BCUT2D eigenvalue weighted by Gasteiger charge is -2.38. The molecule has 0 saturated heterocycles. The van der Waals surface area contributed by atoms with Gasteiger partial charge in [0.05, 0.1) is 35.3 Å². The zero-order valence-electron chi connectivity index (χ0n) is 22.1. The summed E-state index contributed by atoms with van der Waals surface area (Å²) in [7, 11) is -2.41. The van der Waals surface area contributed by atoms with Gasteiger partial charge >= 0.3 is 6.03 Å². The molecule has 208 valence electrons. The second-order valence-electron chi connectivity index (χ2n) is 9.80. The molecule has 3 rings (SSSR count). The van der Waals surface area contributed by atoms with E-state index in [1.165, 1.54) is 35.6 Å². The number of carbonyl (C=O) groups is 2. The molecule has 2 aromatic carbocycles. The summed E-state index contributed by atoms with van der Waals surface area (Å²) in [6.45, 7) is 7.16. The third-order valence-corrected chi connectivity index (χ3v) is 8.41. The molecule has 0 bridgehead atoms. The smallest absolute Gasteiger partial charge is 0.319 e. The molecule has 2 aromatic rings. The second-order valence-corrected chi connectivity index (χ2v) is 12.3. The van der Waals surface area contributed by atoms with Crippen molar-refractivity contribution in [2.45, 2.75) is 50.8 Å². The highest BCUT2D eigenvalue weighted by Gasteiger charge is 2.36. The molecule has 0 unspecified atom stereocenters. The van der Waals surface area contributed by atoms with Crippen LogP contribution in [0, 0.1) is 5.92 Å². The molecule has 12 heteroatoms. The van der Waals surface area contributed by atoms with E-state index in [4.69, 9.17) is 16.3 Å². The number of rotatable bonds is 8. The average molecular weight is 567 g/mol. The summed E-state index contributed by atoms with van der Waals surface area (Å²) in [5.41, 5.74) is 0.473. The zero-order chi connectivity index (χ0) is 28.2.